The Morgan fingerprint density at radius 1 is 1.19 bits per heavy atom. The molecular weight excluding hydrogens is 266 g/mol. The molecule has 2 rings (SSSR count). The summed E-state index contributed by atoms with van der Waals surface area (Å²) in [5.74, 6) is 0. The van der Waals surface area contributed by atoms with Crippen LogP contribution in [0.15, 0.2) is 42.5 Å². The van der Waals surface area contributed by atoms with E-state index in [9.17, 15) is 10.1 Å². The fourth-order valence-electron chi connectivity index (χ4n) is 2.00. The van der Waals surface area contributed by atoms with Gasteiger partial charge in [-0.2, -0.15) is 5.26 Å². The van der Waals surface area contributed by atoms with Gasteiger partial charge in [0, 0.05) is 12.6 Å². The maximum atomic E-state index is 11.0. The molecule has 0 aliphatic carbocycles. The Morgan fingerprint density at radius 3 is 2.43 bits per heavy atom. The van der Waals surface area contributed by atoms with Crippen molar-refractivity contribution in [3.8, 4) is 6.07 Å². The Bertz CT molecular complexity index is 688. The van der Waals surface area contributed by atoms with Gasteiger partial charge in [0.1, 0.15) is 5.69 Å². The zero-order chi connectivity index (χ0) is 15.2. The summed E-state index contributed by atoms with van der Waals surface area (Å²) in [4.78, 5) is 10.5. The number of hydrogen-bond acceptors (Lipinski definition) is 4. The van der Waals surface area contributed by atoms with Crippen molar-refractivity contribution >= 4 is 11.4 Å². The molecule has 0 heterocycles. The van der Waals surface area contributed by atoms with Crippen LogP contribution in [0.3, 0.4) is 0 Å². The minimum atomic E-state index is -0.455. The molecule has 0 aliphatic heterocycles. The normalized spacial score (nSPS) is 9.90. The highest BCUT2D eigenvalue weighted by Gasteiger charge is 2.13. The van der Waals surface area contributed by atoms with Crippen molar-refractivity contribution in [3.05, 3.63) is 69.3 Å². The van der Waals surface area contributed by atoms with Gasteiger partial charge in [-0.15, -0.1) is 0 Å². The molecule has 0 amide bonds. The molecule has 1 N–H and O–H groups in total. The molecule has 0 unspecified atom stereocenters. The number of benzene rings is 2. The van der Waals surface area contributed by atoms with E-state index in [0.717, 1.165) is 12.0 Å². The first-order valence-electron chi connectivity index (χ1n) is 6.64. The first kappa shape index (κ1) is 14.5. The van der Waals surface area contributed by atoms with Gasteiger partial charge in [0.15, 0.2) is 0 Å². The minimum Gasteiger partial charge on any atom is -0.375 e. The Kier molecular flexibility index (Phi) is 4.52. The van der Waals surface area contributed by atoms with E-state index < -0.39 is 4.92 Å². The number of nitrogens with zero attached hydrogens (tertiary/aromatic N) is 2. The zero-order valence-electron chi connectivity index (χ0n) is 11.7. The van der Waals surface area contributed by atoms with Gasteiger partial charge in [-0.25, -0.2) is 0 Å². The molecule has 2 aromatic rings. The number of anilines is 1. The van der Waals surface area contributed by atoms with Crippen molar-refractivity contribution in [1.29, 1.82) is 5.26 Å². The molecule has 5 nitrogen and oxygen atoms in total. The van der Waals surface area contributed by atoms with Gasteiger partial charge in [-0.3, -0.25) is 10.1 Å². The molecule has 0 saturated carbocycles. The third-order valence-corrected chi connectivity index (χ3v) is 3.24. The van der Waals surface area contributed by atoms with E-state index in [0.29, 0.717) is 17.8 Å². The van der Waals surface area contributed by atoms with Crippen molar-refractivity contribution in [2.24, 2.45) is 0 Å². The Morgan fingerprint density at radius 2 is 1.86 bits per heavy atom. The van der Waals surface area contributed by atoms with Gasteiger partial charge >= 0.3 is 0 Å². The number of nitriles is 1. The van der Waals surface area contributed by atoms with Gasteiger partial charge in [0.2, 0.25) is 0 Å². The summed E-state index contributed by atoms with van der Waals surface area (Å²) in [6.45, 7) is 2.56. The van der Waals surface area contributed by atoms with Crippen LogP contribution in [-0.4, -0.2) is 4.92 Å². The second-order valence-electron chi connectivity index (χ2n) is 4.62. The predicted octanol–water partition coefficient (Wildman–Crippen LogP) is 3.64. The topological polar surface area (TPSA) is 79.0 Å². The molecule has 21 heavy (non-hydrogen) atoms. The lowest BCUT2D eigenvalue weighted by atomic mass is 10.1. The molecule has 0 spiro atoms. The number of hydrogen-bond donors (Lipinski definition) is 1. The minimum absolute atomic E-state index is 0.0285. The molecule has 0 aliphatic rings. The Labute approximate surface area is 123 Å². The molecule has 2 aromatic carbocycles. The maximum absolute atomic E-state index is 11.0. The van der Waals surface area contributed by atoms with Crippen LogP contribution in [-0.2, 0) is 13.0 Å². The first-order chi connectivity index (χ1) is 10.1. The molecule has 0 saturated heterocycles. The third-order valence-electron chi connectivity index (χ3n) is 3.24. The van der Waals surface area contributed by atoms with Gasteiger partial charge in [0.25, 0.3) is 5.69 Å². The van der Waals surface area contributed by atoms with E-state index in [1.54, 1.807) is 0 Å². The van der Waals surface area contributed by atoms with E-state index in [-0.39, 0.29) is 5.69 Å². The van der Waals surface area contributed by atoms with Crippen LogP contribution in [0.4, 0.5) is 11.4 Å². The Balaban J connectivity index is 2.18. The average molecular weight is 281 g/mol. The second-order valence-corrected chi connectivity index (χ2v) is 4.62. The van der Waals surface area contributed by atoms with Crippen LogP contribution in [0.1, 0.15) is 23.6 Å². The maximum Gasteiger partial charge on any atom is 0.292 e. The summed E-state index contributed by atoms with van der Waals surface area (Å²) < 4.78 is 0. The third kappa shape index (κ3) is 3.57. The SMILES string of the molecule is CCc1ccc(CNc2cc(C#N)ccc2[N+](=O)[O-])cc1. The van der Waals surface area contributed by atoms with Crippen LogP contribution in [0.5, 0.6) is 0 Å². The summed E-state index contributed by atoms with van der Waals surface area (Å²) in [5.41, 5.74) is 3.00. The van der Waals surface area contributed by atoms with E-state index in [2.05, 4.69) is 12.2 Å². The van der Waals surface area contributed by atoms with Crippen LogP contribution in [0.25, 0.3) is 0 Å². The van der Waals surface area contributed by atoms with E-state index >= 15 is 0 Å². The number of nitrogens with one attached hydrogen (secondary N) is 1. The van der Waals surface area contributed by atoms with Crippen molar-refractivity contribution in [2.75, 3.05) is 5.32 Å². The summed E-state index contributed by atoms with van der Waals surface area (Å²) in [6, 6.07) is 14.3. The number of aryl methyl sites for hydroxylation is 1. The summed E-state index contributed by atoms with van der Waals surface area (Å²) in [7, 11) is 0. The highest BCUT2D eigenvalue weighted by atomic mass is 16.6. The van der Waals surface area contributed by atoms with Crippen LogP contribution < -0.4 is 5.32 Å². The molecule has 0 bridgehead atoms. The molecule has 0 fully saturated rings. The number of nitro groups is 1. The predicted molar refractivity (Wildman–Crippen MR) is 81.0 cm³/mol. The van der Waals surface area contributed by atoms with Gasteiger partial charge in [0.05, 0.1) is 16.6 Å². The first-order valence-corrected chi connectivity index (χ1v) is 6.64. The van der Waals surface area contributed by atoms with Crippen molar-refractivity contribution in [2.45, 2.75) is 19.9 Å². The van der Waals surface area contributed by atoms with Crippen molar-refractivity contribution in [1.82, 2.24) is 0 Å². The van der Waals surface area contributed by atoms with E-state index in [1.807, 2.05) is 30.3 Å². The van der Waals surface area contributed by atoms with Crippen LogP contribution in [0.2, 0.25) is 0 Å². The van der Waals surface area contributed by atoms with Gasteiger partial charge in [-0.05, 0) is 29.7 Å². The molecule has 0 atom stereocenters. The molecule has 0 radical (unpaired) electrons. The van der Waals surface area contributed by atoms with Crippen LogP contribution in [0, 0.1) is 21.4 Å². The fraction of sp³-hybridized carbons (Fsp3) is 0.188. The highest BCUT2D eigenvalue weighted by Crippen LogP contribution is 2.25. The van der Waals surface area contributed by atoms with Gasteiger partial charge < -0.3 is 5.32 Å². The molecule has 0 aromatic heterocycles. The number of rotatable bonds is 5. The molecule has 106 valence electrons. The van der Waals surface area contributed by atoms with Crippen molar-refractivity contribution < 1.29 is 4.92 Å². The zero-order valence-corrected chi connectivity index (χ0v) is 11.7. The van der Waals surface area contributed by atoms with Gasteiger partial charge in [-0.1, -0.05) is 31.2 Å². The van der Waals surface area contributed by atoms with E-state index in [4.69, 9.17) is 5.26 Å². The molecule has 5 heteroatoms. The quantitative estimate of drug-likeness (QED) is 0.670. The highest BCUT2D eigenvalue weighted by molar-refractivity contribution is 5.64. The number of nitro benzene ring substituents is 1. The van der Waals surface area contributed by atoms with Crippen molar-refractivity contribution in [3.63, 3.8) is 0 Å². The fourth-order valence-corrected chi connectivity index (χ4v) is 2.00. The smallest absolute Gasteiger partial charge is 0.292 e. The monoisotopic (exact) mass is 281 g/mol. The molecular formula is C16H15N3O2. The lowest BCUT2D eigenvalue weighted by Gasteiger charge is -2.08. The van der Waals surface area contributed by atoms with Crippen LogP contribution >= 0.6 is 0 Å². The average Bonchev–Trinajstić information content (AvgIpc) is 2.52. The van der Waals surface area contributed by atoms with E-state index in [1.165, 1.54) is 23.8 Å². The second kappa shape index (κ2) is 6.53. The summed E-state index contributed by atoms with van der Waals surface area (Å²) >= 11 is 0. The Hall–Kier alpha value is -2.87. The lowest BCUT2D eigenvalue weighted by molar-refractivity contribution is -0.384. The summed E-state index contributed by atoms with van der Waals surface area (Å²) in [5, 5.41) is 22.9. The summed E-state index contributed by atoms with van der Waals surface area (Å²) in [6.07, 6.45) is 0.976. The lowest BCUT2D eigenvalue weighted by Crippen LogP contribution is -2.03. The largest absolute Gasteiger partial charge is 0.375 e. The standard InChI is InChI=1S/C16H15N3O2/c1-2-12-3-5-13(6-4-12)11-18-15-9-14(10-17)7-8-16(15)19(20)21/h3-9,18H,2,11H2,1H3.